The van der Waals surface area contributed by atoms with E-state index < -0.39 is 0 Å². The molecule has 0 saturated carbocycles. The molecule has 2 rings (SSSR count). The van der Waals surface area contributed by atoms with Crippen LogP contribution in [0.2, 0.25) is 0 Å². The minimum atomic E-state index is -0.266. The molecule has 2 aromatic rings. The van der Waals surface area contributed by atoms with E-state index in [9.17, 15) is 4.39 Å². The first-order valence-corrected chi connectivity index (χ1v) is 6.72. The molecular formula is C15H15BrFNO. The van der Waals surface area contributed by atoms with E-state index in [1.165, 1.54) is 18.7 Å². The fourth-order valence-corrected chi connectivity index (χ4v) is 2.08. The molecule has 0 unspecified atom stereocenters. The molecule has 0 atom stereocenters. The Kier molecular flexibility index (Phi) is 4.43. The first-order valence-electron chi connectivity index (χ1n) is 5.92. The van der Waals surface area contributed by atoms with Gasteiger partial charge in [0, 0.05) is 28.3 Å². The fourth-order valence-electron chi connectivity index (χ4n) is 1.70. The van der Waals surface area contributed by atoms with Gasteiger partial charge in [0.05, 0.1) is 7.11 Å². The maximum atomic E-state index is 13.8. The Hall–Kier alpha value is -1.55. The smallest absolute Gasteiger partial charge is 0.131 e. The van der Waals surface area contributed by atoms with Crippen molar-refractivity contribution in [2.45, 2.75) is 13.5 Å². The fraction of sp³-hybridized carbons (Fsp3) is 0.200. The summed E-state index contributed by atoms with van der Waals surface area (Å²) in [6, 6.07) is 10.8. The van der Waals surface area contributed by atoms with Crippen LogP contribution in [0.5, 0.6) is 5.75 Å². The molecule has 0 aliphatic carbocycles. The molecule has 0 fully saturated rings. The van der Waals surface area contributed by atoms with Crippen LogP contribution in [-0.2, 0) is 6.54 Å². The summed E-state index contributed by atoms with van der Waals surface area (Å²) in [5, 5.41) is 3.20. The monoisotopic (exact) mass is 323 g/mol. The lowest BCUT2D eigenvalue weighted by Crippen LogP contribution is -2.02. The van der Waals surface area contributed by atoms with Crippen LogP contribution in [-0.4, -0.2) is 7.11 Å². The lowest BCUT2D eigenvalue weighted by molar-refractivity contribution is 0.411. The molecule has 0 aromatic heterocycles. The highest BCUT2D eigenvalue weighted by atomic mass is 79.9. The SMILES string of the molecule is COc1ccc(CNc2ccc(C)c(Br)c2)c(F)c1. The zero-order chi connectivity index (χ0) is 13.8. The number of hydrogen-bond acceptors (Lipinski definition) is 2. The summed E-state index contributed by atoms with van der Waals surface area (Å²) >= 11 is 3.48. The molecule has 0 radical (unpaired) electrons. The van der Waals surface area contributed by atoms with Crippen molar-refractivity contribution in [3.63, 3.8) is 0 Å². The standard InChI is InChI=1S/C15H15BrFNO/c1-10-3-5-12(7-14(10)16)18-9-11-4-6-13(19-2)8-15(11)17/h3-8,18H,9H2,1-2H3. The topological polar surface area (TPSA) is 21.3 Å². The number of methoxy groups -OCH3 is 1. The van der Waals surface area contributed by atoms with Crippen LogP contribution in [0.15, 0.2) is 40.9 Å². The van der Waals surface area contributed by atoms with Gasteiger partial charge in [-0.05, 0) is 30.7 Å². The van der Waals surface area contributed by atoms with Crippen molar-refractivity contribution in [3.8, 4) is 5.75 Å². The van der Waals surface area contributed by atoms with Crippen molar-refractivity contribution in [2.75, 3.05) is 12.4 Å². The Labute approximate surface area is 120 Å². The number of benzene rings is 2. The van der Waals surface area contributed by atoms with Crippen LogP contribution < -0.4 is 10.1 Å². The molecule has 0 saturated heterocycles. The number of rotatable bonds is 4. The Morgan fingerprint density at radius 2 is 2.00 bits per heavy atom. The van der Waals surface area contributed by atoms with Crippen molar-refractivity contribution < 1.29 is 9.13 Å². The van der Waals surface area contributed by atoms with Gasteiger partial charge in [-0.1, -0.05) is 28.1 Å². The Morgan fingerprint density at radius 1 is 1.21 bits per heavy atom. The molecule has 19 heavy (non-hydrogen) atoms. The normalized spacial score (nSPS) is 10.3. The molecule has 1 N–H and O–H groups in total. The van der Waals surface area contributed by atoms with E-state index in [1.807, 2.05) is 25.1 Å². The highest BCUT2D eigenvalue weighted by Gasteiger charge is 2.04. The van der Waals surface area contributed by atoms with Gasteiger partial charge in [0.15, 0.2) is 0 Å². The molecule has 2 nitrogen and oxygen atoms in total. The lowest BCUT2D eigenvalue weighted by atomic mass is 10.2. The molecule has 4 heteroatoms. The molecule has 2 aromatic carbocycles. The van der Waals surface area contributed by atoms with E-state index in [-0.39, 0.29) is 5.82 Å². The number of nitrogens with one attached hydrogen (secondary N) is 1. The van der Waals surface area contributed by atoms with E-state index in [0.717, 1.165) is 10.2 Å². The number of aryl methyl sites for hydroxylation is 1. The first-order chi connectivity index (χ1) is 9.10. The van der Waals surface area contributed by atoms with Gasteiger partial charge in [-0.2, -0.15) is 0 Å². The van der Waals surface area contributed by atoms with Crippen LogP contribution in [0, 0.1) is 12.7 Å². The molecule has 100 valence electrons. The Bertz CT molecular complexity index is 586. The van der Waals surface area contributed by atoms with Gasteiger partial charge < -0.3 is 10.1 Å². The van der Waals surface area contributed by atoms with Crippen molar-refractivity contribution in [1.29, 1.82) is 0 Å². The molecule has 0 bridgehead atoms. The summed E-state index contributed by atoms with van der Waals surface area (Å²) < 4.78 is 19.8. The maximum Gasteiger partial charge on any atom is 0.131 e. The number of anilines is 1. The second-order valence-electron chi connectivity index (χ2n) is 4.27. The second kappa shape index (κ2) is 6.06. The number of hydrogen-bond donors (Lipinski definition) is 1. The highest BCUT2D eigenvalue weighted by molar-refractivity contribution is 9.10. The van der Waals surface area contributed by atoms with E-state index >= 15 is 0 Å². The third kappa shape index (κ3) is 3.47. The van der Waals surface area contributed by atoms with Crippen LogP contribution >= 0.6 is 15.9 Å². The predicted molar refractivity (Wildman–Crippen MR) is 79.2 cm³/mol. The van der Waals surface area contributed by atoms with Gasteiger partial charge in [-0.3, -0.25) is 0 Å². The molecular weight excluding hydrogens is 309 g/mol. The predicted octanol–water partition coefficient (Wildman–Crippen LogP) is 4.52. The number of ether oxygens (including phenoxy) is 1. The van der Waals surface area contributed by atoms with E-state index in [4.69, 9.17) is 4.74 Å². The summed E-state index contributed by atoms with van der Waals surface area (Å²) in [7, 11) is 1.52. The zero-order valence-electron chi connectivity index (χ0n) is 10.8. The molecule has 0 heterocycles. The molecule has 0 aliphatic heterocycles. The minimum Gasteiger partial charge on any atom is -0.497 e. The third-order valence-electron chi connectivity index (χ3n) is 2.92. The summed E-state index contributed by atoms with van der Waals surface area (Å²) in [6.07, 6.45) is 0. The molecule has 0 spiro atoms. The lowest BCUT2D eigenvalue weighted by Gasteiger charge is -2.10. The van der Waals surface area contributed by atoms with Crippen molar-refractivity contribution in [3.05, 3.63) is 57.8 Å². The van der Waals surface area contributed by atoms with Gasteiger partial charge in [-0.15, -0.1) is 0 Å². The molecule has 0 amide bonds. The van der Waals surface area contributed by atoms with Crippen molar-refractivity contribution >= 4 is 21.6 Å². The Balaban J connectivity index is 2.07. The van der Waals surface area contributed by atoms with Gasteiger partial charge >= 0.3 is 0 Å². The second-order valence-corrected chi connectivity index (χ2v) is 5.13. The van der Waals surface area contributed by atoms with Crippen LogP contribution in [0.4, 0.5) is 10.1 Å². The van der Waals surface area contributed by atoms with Crippen molar-refractivity contribution in [1.82, 2.24) is 0 Å². The van der Waals surface area contributed by atoms with E-state index in [0.29, 0.717) is 17.9 Å². The van der Waals surface area contributed by atoms with Crippen LogP contribution in [0.25, 0.3) is 0 Å². The maximum absolute atomic E-state index is 13.8. The van der Waals surface area contributed by atoms with Crippen LogP contribution in [0.3, 0.4) is 0 Å². The molecule has 0 aliphatic rings. The van der Waals surface area contributed by atoms with E-state index in [2.05, 4.69) is 21.2 Å². The minimum absolute atomic E-state index is 0.266. The van der Waals surface area contributed by atoms with Crippen LogP contribution in [0.1, 0.15) is 11.1 Å². The average molecular weight is 324 g/mol. The largest absolute Gasteiger partial charge is 0.497 e. The average Bonchev–Trinajstić information content (AvgIpc) is 2.41. The zero-order valence-corrected chi connectivity index (χ0v) is 12.4. The van der Waals surface area contributed by atoms with E-state index in [1.54, 1.807) is 12.1 Å². The van der Waals surface area contributed by atoms with Gasteiger partial charge in [0.25, 0.3) is 0 Å². The quantitative estimate of drug-likeness (QED) is 0.893. The first kappa shape index (κ1) is 13.9. The summed E-state index contributed by atoms with van der Waals surface area (Å²) in [4.78, 5) is 0. The highest BCUT2D eigenvalue weighted by Crippen LogP contribution is 2.22. The van der Waals surface area contributed by atoms with Gasteiger partial charge in [-0.25, -0.2) is 4.39 Å². The van der Waals surface area contributed by atoms with Gasteiger partial charge in [0.2, 0.25) is 0 Å². The Morgan fingerprint density at radius 3 is 2.63 bits per heavy atom. The van der Waals surface area contributed by atoms with Gasteiger partial charge in [0.1, 0.15) is 11.6 Å². The summed E-state index contributed by atoms with van der Waals surface area (Å²) in [6.45, 7) is 2.46. The van der Waals surface area contributed by atoms with Crippen molar-refractivity contribution in [2.24, 2.45) is 0 Å². The summed E-state index contributed by atoms with van der Waals surface area (Å²) in [5.74, 6) is 0.261. The third-order valence-corrected chi connectivity index (χ3v) is 3.77. The number of halogens is 2. The summed E-state index contributed by atoms with van der Waals surface area (Å²) in [5.41, 5.74) is 2.73.